The number of aromatic nitrogens is 1. The van der Waals surface area contributed by atoms with Gasteiger partial charge in [-0.2, -0.15) is 0 Å². The molecule has 0 aliphatic carbocycles. The minimum absolute atomic E-state index is 0.184. The van der Waals surface area contributed by atoms with Crippen LogP contribution in [-0.2, 0) is 0 Å². The molecule has 0 radical (unpaired) electrons. The Morgan fingerprint density at radius 3 is 2.70 bits per heavy atom. The van der Waals surface area contributed by atoms with Crippen LogP contribution in [0.4, 0.5) is 11.4 Å². The maximum atomic E-state index is 9.20. The number of aryl methyl sites for hydroxylation is 1. The van der Waals surface area contributed by atoms with Gasteiger partial charge in [0, 0.05) is 46.7 Å². The summed E-state index contributed by atoms with van der Waals surface area (Å²) in [6.45, 7) is 6.46. The molecule has 108 valence electrons. The molecule has 4 N–H and O–H groups in total. The second-order valence-electron chi connectivity index (χ2n) is 5.58. The fraction of sp³-hybridized carbons (Fsp3) is 0.438. The number of nitrogen functional groups attached to an aromatic ring is 1. The second-order valence-corrected chi connectivity index (χ2v) is 5.58. The predicted molar refractivity (Wildman–Crippen MR) is 84.8 cm³/mol. The average Bonchev–Trinajstić information content (AvgIpc) is 2.40. The molecule has 0 spiro atoms. The molecule has 1 atom stereocenters. The number of hydrogen-bond donors (Lipinski definition) is 3. The van der Waals surface area contributed by atoms with Gasteiger partial charge in [-0.1, -0.05) is 13.8 Å². The van der Waals surface area contributed by atoms with Crippen molar-refractivity contribution >= 4 is 22.1 Å². The summed E-state index contributed by atoms with van der Waals surface area (Å²) in [6, 6.07) is 6.19. The van der Waals surface area contributed by atoms with Crippen molar-refractivity contribution in [2.45, 2.75) is 33.2 Å². The molecule has 0 fully saturated rings. The molecular weight excluding hydrogens is 250 g/mol. The smallest absolute Gasteiger partial charge is 0.0450 e. The number of anilines is 2. The number of nitrogens with zero attached hydrogens (tertiary/aromatic N) is 1. The highest BCUT2D eigenvalue weighted by atomic mass is 16.3. The molecule has 1 aromatic heterocycles. The molecule has 2 rings (SSSR count). The molecule has 20 heavy (non-hydrogen) atoms. The van der Waals surface area contributed by atoms with E-state index >= 15 is 0 Å². The average molecular weight is 273 g/mol. The number of benzene rings is 1. The SMILES string of the molecule is Cc1cc2c(NC(CCO)C(C)C)ccc(N)c2cn1. The summed E-state index contributed by atoms with van der Waals surface area (Å²) in [7, 11) is 0. The Bertz CT molecular complexity index is 596. The summed E-state index contributed by atoms with van der Waals surface area (Å²) in [5.41, 5.74) is 8.77. The summed E-state index contributed by atoms with van der Waals surface area (Å²) in [6.07, 6.45) is 2.55. The Hall–Kier alpha value is -1.81. The Labute approximate surface area is 120 Å². The molecule has 4 nitrogen and oxygen atoms in total. The van der Waals surface area contributed by atoms with Gasteiger partial charge < -0.3 is 16.2 Å². The maximum Gasteiger partial charge on any atom is 0.0450 e. The van der Waals surface area contributed by atoms with E-state index in [0.717, 1.165) is 34.3 Å². The van der Waals surface area contributed by atoms with Gasteiger partial charge in [0.2, 0.25) is 0 Å². The Kier molecular flexibility index (Phi) is 4.45. The van der Waals surface area contributed by atoms with Crippen molar-refractivity contribution in [1.82, 2.24) is 4.98 Å². The van der Waals surface area contributed by atoms with Crippen molar-refractivity contribution in [3.8, 4) is 0 Å². The number of aliphatic hydroxyl groups is 1. The van der Waals surface area contributed by atoms with E-state index in [2.05, 4.69) is 24.1 Å². The van der Waals surface area contributed by atoms with E-state index in [9.17, 15) is 5.11 Å². The van der Waals surface area contributed by atoms with Crippen LogP contribution in [0.3, 0.4) is 0 Å². The van der Waals surface area contributed by atoms with Gasteiger partial charge in [-0.25, -0.2) is 0 Å². The van der Waals surface area contributed by atoms with Gasteiger partial charge in [0.25, 0.3) is 0 Å². The molecule has 1 aromatic carbocycles. The van der Waals surface area contributed by atoms with E-state index in [-0.39, 0.29) is 12.6 Å². The Morgan fingerprint density at radius 1 is 1.30 bits per heavy atom. The minimum Gasteiger partial charge on any atom is -0.398 e. The Morgan fingerprint density at radius 2 is 2.05 bits per heavy atom. The predicted octanol–water partition coefficient (Wildman–Crippen LogP) is 2.94. The van der Waals surface area contributed by atoms with E-state index < -0.39 is 0 Å². The molecule has 1 unspecified atom stereocenters. The van der Waals surface area contributed by atoms with Crippen molar-refractivity contribution in [3.63, 3.8) is 0 Å². The number of hydrogen-bond acceptors (Lipinski definition) is 4. The summed E-state index contributed by atoms with van der Waals surface area (Å²) < 4.78 is 0. The van der Waals surface area contributed by atoms with Crippen LogP contribution >= 0.6 is 0 Å². The highest BCUT2D eigenvalue weighted by Gasteiger charge is 2.14. The number of pyridine rings is 1. The third-order valence-electron chi connectivity index (χ3n) is 3.66. The van der Waals surface area contributed by atoms with Gasteiger partial charge in [-0.3, -0.25) is 4.98 Å². The molecule has 4 heteroatoms. The van der Waals surface area contributed by atoms with Gasteiger partial charge in [-0.15, -0.1) is 0 Å². The maximum absolute atomic E-state index is 9.20. The van der Waals surface area contributed by atoms with Gasteiger partial charge in [0.15, 0.2) is 0 Å². The zero-order valence-corrected chi connectivity index (χ0v) is 12.4. The molecule has 0 saturated carbocycles. The van der Waals surface area contributed by atoms with Gasteiger partial charge >= 0.3 is 0 Å². The third-order valence-corrected chi connectivity index (χ3v) is 3.66. The molecule has 0 aliphatic heterocycles. The van der Waals surface area contributed by atoms with E-state index in [0.29, 0.717) is 5.92 Å². The molecular formula is C16H23N3O. The topological polar surface area (TPSA) is 71.2 Å². The number of aliphatic hydroxyl groups excluding tert-OH is 1. The van der Waals surface area contributed by atoms with E-state index in [4.69, 9.17) is 5.73 Å². The molecule has 0 saturated heterocycles. The van der Waals surface area contributed by atoms with Crippen molar-refractivity contribution in [2.24, 2.45) is 5.92 Å². The molecule has 0 amide bonds. The summed E-state index contributed by atoms with van der Waals surface area (Å²) in [5, 5.41) is 14.8. The largest absolute Gasteiger partial charge is 0.398 e. The van der Waals surface area contributed by atoms with Crippen LogP contribution in [0.5, 0.6) is 0 Å². The second kappa shape index (κ2) is 6.09. The quantitative estimate of drug-likeness (QED) is 0.732. The lowest BCUT2D eigenvalue weighted by Gasteiger charge is -2.24. The zero-order valence-electron chi connectivity index (χ0n) is 12.4. The van der Waals surface area contributed by atoms with Crippen LogP contribution in [0.25, 0.3) is 10.8 Å². The lowest BCUT2D eigenvalue weighted by atomic mass is 10.00. The fourth-order valence-electron chi connectivity index (χ4n) is 2.40. The molecule has 0 bridgehead atoms. The van der Waals surface area contributed by atoms with Gasteiger partial charge in [-0.05, 0) is 37.5 Å². The van der Waals surface area contributed by atoms with Gasteiger partial charge in [0.05, 0.1) is 0 Å². The van der Waals surface area contributed by atoms with Crippen molar-refractivity contribution in [1.29, 1.82) is 0 Å². The number of nitrogens with one attached hydrogen (secondary N) is 1. The van der Waals surface area contributed by atoms with E-state index in [1.54, 1.807) is 0 Å². The minimum atomic E-state index is 0.184. The lowest BCUT2D eigenvalue weighted by Crippen LogP contribution is -2.26. The fourth-order valence-corrected chi connectivity index (χ4v) is 2.40. The van der Waals surface area contributed by atoms with Crippen molar-refractivity contribution < 1.29 is 5.11 Å². The van der Waals surface area contributed by atoms with Crippen molar-refractivity contribution in [2.75, 3.05) is 17.7 Å². The first-order valence-corrected chi connectivity index (χ1v) is 7.05. The van der Waals surface area contributed by atoms with Gasteiger partial charge in [0.1, 0.15) is 0 Å². The van der Waals surface area contributed by atoms with Crippen LogP contribution in [0.2, 0.25) is 0 Å². The van der Waals surface area contributed by atoms with Crippen LogP contribution in [0.15, 0.2) is 24.4 Å². The summed E-state index contributed by atoms with van der Waals surface area (Å²) in [4.78, 5) is 4.31. The molecule has 0 aliphatic rings. The standard InChI is InChI=1S/C16H23N3O/c1-10(2)15(6-7-20)19-16-5-4-14(17)13-9-18-11(3)8-12(13)16/h4-5,8-10,15,19-20H,6-7,17H2,1-3H3. The van der Waals surface area contributed by atoms with Crippen LogP contribution in [0, 0.1) is 12.8 Å². The normalized spacial score (nSPS) is 12.8. The summed E-state index contributed by atoms with van der Waals surface area (Å²) >= 11 is 0. The zero-order chi connectivity index (χ0) is 14.7. The number of nitrogens with two attached hydrogens (primary N) is 1. The van der Waals surface area contributed by atoms with Crippen LogP contribution in [0.1, 0.15) is 26.0 Å². The van der Waals surface area contributed by atoms with E-state index in [1.807, 2.05) is 31.3 Å². The molecule has 1 heterocycles. The van der Waals surface area contributed by atoms with E-state index in [1.165, 1.54) is 0 Å². The number of rotatable bonds is 5. The first kappa shape index (κ1) is 14.6. The third kappa shape index (κ3) is 3.02. The first-order chi connectivity index (χ1) is 9.52. The lowest BCUT2D eigenvalue weighted by molar-refractivity contribution is 0.267. The monoisotopic (exact) mass is 273 g/mol. The van der Waals surface area contributed by atoms with Crippen LogP contribution in [-0.4, -0.2) is 22.7 Å². The Balaban J connectivity index is 2.43. The first-order valence-electron chi connectivity index (χ1n) is 7.05. The highest BCUT2D eigenvalue weighted by molar-refractivity contribution is 6.00. The molecule has 2 aromatic rings. The summed E-state index contributed by atoms with van der Waals surface area (Å²) in [5.74, 6) is 0.442. The van der Waals surface area contributed by atoms with Crippen molar-refractivity contribution in [3.05, 3.63) is 30.1 Å². The van der Waals surface area contributed by atoms with Crippen LogP contribution < -0.4 is 11.1 Å². The highest BCUT2D eigenvalue weighted by Crippen LogP contribution is 2.29. The number of fused-ring (bicyclic) bond motifs is 1.